The zero-order chi connectivity index (χ0) is 16.8. The molecule has 0 spiro atoms. The fraction of sp³-hybridized carbons (Fsp3) is 0.789. The fourth-order valence-electron chi connectivity index (χ4n) is 4.15. The van der Waals surface area contributed by atoms with E-state index in [0.717, 1.165) is 31.9 Å². The number of nitrogens with one attached hydrogen (secondary N) is 2. The van der Waals surface area contributed by atoms with Crippen LogP contribution in [0.25, 0.3) is 0 Å². The van der Waals surface area contributed by atoms with Gasteiger partial charge in [0.25, 0.3) is 0 Å². The SMILES string of the molecule is Cc1cc([C@@H]2CCCN(CCC(=O)NCC3CCCCC3)C2)n[nH]1. The topological polar surface area (TPSA) is 61.0 Å². The first-order chi connectivity index (χ1) is 11.7. The molecule has 2 fully saturated rings. The van der Waals surface area contributed by atoms with Crippen molar-refractivity contribution in [3.63, 3.8) is 0 Å². The van der Waals surface area contributed by atoms with Crippen molar-refractivity contribution >= 4 is 5.91 Å². The van der Waals surface area contributed by atoms with Crippen LogP contribution in [0.5, 0.6) is 0 Å². The van der Waals surface area contributed by atoms with Gasteiger partial charge >= 0.3 is 0 Å². The molecular weight excluding hydrogens is 300 g/mol. The van der Waals surface area contributed by atoms with Crippen molar-refractivity contribution < 1.29 is 4.79 Å². The van der Waals surface area contributed by atoms with Gasteiger partial charge in [0.05, 0.1) is 5.69 Å². The minimum absolute atomic E-state index is 0.221. The molecule has 1 saturated heterocycles. The first kappa shape index (κ1) is 17.5. The monoisotopic (exact) mass is 332 g/mol. The molecule has 1 atom stereocenters. The van der Waals surface area contributed by atoms with Gasteiger partial charge in [0.1, 0.15) is 0 Å². The van der Waals surface area contributed by atoms with Gasteiger partial charge in [0, 0.05) is 37.7 Å². The summed E-state index contributed by atoms with van der Waals surface area (Å²) >= 11 is 0. The number of nitrogens with zero attached hydrogens (tertiary/aromatic N) is 2. The lowest BCUT2D eigenvalue weighted by Crippen LogP contribution is -2.38. The lowest BCUT2D eigenvalue weighted by atomic mass is 9.89. The number of hydrogen-bond acceptors (Lipinski definition) is 3. The van der Waals surface area contributed by atoms with Crippen LogP contribution in [0.4, 0.5) is 0 Å². The molecule has 1 aromatic rings. The molecule has 0 radical (unpaired) electrons. The normalized spacial score (nSPS) is 23.3. The molecule has 0 unspecified atom stereocenters. The first-order valence-corrected chi connectivity index (χ1v) is 9.71. The van der Waals surface area contributed by atoms with E-state index in [4.69, 9.17) is 0 Å². The molecule has 2 N–H and O–H groups in total. The maximum atomic E-state index is 12.1. The van der Waals surface area contributed by atoms with E-state index >= 15 is 0 Å². The van der Waals surface area contributed by atoms with Gasteiger partial charge < -0.3 is 10.2 Å². The van der Waals surface area contributed by atoms with E-state index in [9.17, 15) is 4.79 Å². The number of aromatic nitrogens is 2. The van der Waals surface area contributed by atoms with E-state index in [1.807, 2.05) is 6.92 Å². The molecule has 1 amide bonds. The van der Waals surface area contributed by atoms with E-state index in [2.05, 4.69) is 26.5 Å². The summed E-state index contributed by atoms with van der Waals surface area (Å²) in [5, 5.41) is 10.6. The highest BCUT2D eigenvalue weighted by Gasteiger charge is 2.23. The number of likely N-dealkylation sites (tertiary alicyclic amines) is 1. The molecule has 0 aromatic carbocycles. The predicted octanol–water partition coefficient (Wildman–Crippen LogP) is 2.98. The highest BCUT2D eigenvalue weighted by atomic mass is 16.1. The average molecular weight is 332 g/mol. The number of aryl methyl sites for hydroxylation is 1. The Morgan fingerprint density at radius 3 is 2.88 bits per heavy atom. The number of amides is 1. The second-order valence-electron chi connectivity index (χ2n) is 7.67. The summed E-state index contributed by atoms with van der Waals surface area (Å²) in [5.74, 6) is 1.44. The third kappa shape index (κ3) is 5.07. The van der Waals surface area contributed by atoms with Gasteiger partial charge in [-0.3, -0.25) is 9.89 Å². The Hall–Kier alpha value is -1.36. The second-order valence-corrected chi connectivity index (χ2v) is 7.67. The van der Waals surface area contributed by atoms with Crippen molar-refractivity contribution in [1.82, 2.24) is 20.4 Å². The third-order valence-electron chi connectivity index (χ3n) is 5.62. The molecular formula is C19H32N4O. The van der Waals surface area contributed by atoms with Gasteiger partial charge in [-0.15, -0.1) is 0 Å². The van der Waals surface area contributed by atoms with Crippen LogP contribution in [0.3, 0.4) is 0 Å². The molecule has 3 rings (SSSR count). The van der Waals surface area contributed by atoms with Gasteiger partial charge in [-0.1, -0.05) is 19.3 Å². The minimum atomic E-state index is 0.221. The molecule has 1 aromatic heterocycles. The molecule has 24 heavy (non-hydrogen) atoms. The van der Waals surface area contributed by atoms with Crippen LogP contribution in [-0.2, 0) is 4.79 Å². The Morgan fingerprint density at radius 1 is 1.29 bits per heavy atom. The van der Waals surface area contributed by atoms with E-state index < -0.39 is 0 Å². The number of carbonyl (C=O) groups is 1. The number of aromatic amines is 1. The Bertz CT molecular complexity index is 521. The molecule has 134 valence electrons. The summed E-state index contributed by atoms with van der Waals surface area (Å²) in [6.45, 7) is 5.94. The minimum Gasteiger partial charge on any atom is -0.356 e. The Morgan fingerprint density at radius 2 is 2.12 bits per heavy atom. The number of rotatable bonds is 6. The Balaban J connectivity index is 1.37. The Labute approximate surface area is 145 Å². The van der Waals surface area contributed by atoms with E-state index in [1.54, 1.807) is 0 Å². The third-order valence-corrected chi connectivity index (χ3v) is 5.62. The molecule has 0 bridgehead atoms. The second kappa shape index (κ2) is 8.65. The van der Waals surface area contributed by atoms with Crippen molar-refractivity contribution in [1.29, 1.82) is 0 Å². The number of hydrogen-bond donors (Lipinski definition) is 2. The van der Waals surface area contributed by atoms with Crippen molar-refractivity contribution in [3.05, 3.63) is 17.5 Å². The maximum Gasteiger partial charge on any atom is 0.221 e. The van der Waals surface area contributed by atoms with Crippen LogP contribution in [-0.4, -0.2) is 47.2 Å². The average Bonchev–Trinajstić information content (AvgIpc) is 3.06. The lowest BCUT2D eigenvalue weighted by molar-refractivity contribution is -0.121. The highest BCUT2D eigenvalue weighted by molar-refractivity contribution is 5.76. The number of carbonyl (C=O) groups excluding carboxylic acids is 1. The van der Waals surface area contributed by atoms with Crippen LogP contribution in [0.2, 0.25) is 0 Å². The zero-order valence-electron chi connectivity index (χ0n) is 15.0. The van der Waals surface area contributed by atoms with Crippen LogP contribution in [0.15, 0.2) is 6.07 Å². The molecule has 2 aliphatic rings. The summed E-state index contributed by atoms with van der Waals surface area (Å²) in [6.07, 6.45) is 9.64. The summed E-state index contributed by atoms with van der Waals surface area (Å²) in [6, 6.07) is 2.16. The first-order valence-electron chi connectivity index (χ1n) is 9.71. The van der Waals surface area contributed by atoms with Crippen LogP contribution >= 0.6 is 0 Å². The lowest BCUT2D eigenvalue weighted by Gasteiger charge is -2.31. The Kier molecular flexibility index (Phi) is 6.30. The van der Waals surface area contributed by atoms with Gasteiger partial charge in [-0.2, -0.15) is 5.10 Å². The summed E-state index contributed by atoms with van der Waals surface area (Å²) in [5.41, 5.74) is 2.31. The highest BCUT2D eigenvalue weighted by Crippen LogP contribution is 2.26. The van der Waals surface area contributed by atoms with Crippen molar-refractivity contribution in [2.24, 2.45) is 5.92 Å². The molecule has 2 heterocycles. The van der Waals surface area contributed by atoms with Crippen molar-refractivity contribution in [3.8, 4) is 0 Å². The van der Waals surface area contributed by atoms with Gasteiger partial charge in [0.15, 0.2) is 0 Å². The molecule has 1 saturated carbocycles. The number of piperidine rings is 1. The van der Waals surface area contributed by atoms with Gasteiger partial charge in [-0.25, -0.2) is 0 Å². The molecule has 1 aliphatic carbocycles. The smallest absolute Gasteiger partial charge is 0.221 e. The van der Waals surface area contributed by atoms with E-state index in [0.29, 0.717) is 18.3 Å². The zero-order valence-corrected chi connectivity index (χ0v) is 15.0. The number of H-pyrrole nitrogens is 1. The van der Waals surface area contributed by atoms with Gasteiger partial charge in [0.2, 0.25) is 5.91 Å². The largest absolute Gasteiger partial charge is 0.356 e. The molecule has 1 aliphatic heterocycles. The standard InChI is InChI=1S/C19H32N4O/c1-15-12-18(22-21-15)17-8-5-10-23(14-17)11-9-19(24)20-13-16-6-3-2-4-7-16/h12,16-17H,2-11,13-14H2,1H3,(H,20,24)(H,21,22)/t17-/m1/s1. The maximum absolute atomic E-state index is 12.1. The fourth-order valence-corrected chi connectivity index (χ4v) is 4.15. The van der Waals surface area contributed by atoms with Gasteiger partial charge in [-0.05, 0) is 51.1 Å². The summed E-state index contributed by atoms with van der Waals surface area (Å²) < 4.78 is 0. The van der Waals surface area contributed by atoms with Crippen LogP contribution < -0.4 is 5.32 Å². The molecule has 5 heteroatoms. The van der Waals surface area contributed by atoms with Crippen LogP contribution in [0.1, 0.15) is 68.7 Å². The summed E-state index contributed by atoms with van der Waals surface area (Å²) in [4.78, 5) is 14.6. The quantitative estimate of drug-likeness (QED) is 0.842. The molecule has 5 nitrogen and oxygen atoms in total. The van der Waals surface area contributed by atoms with E-state index in [-0.39, 0.29) is 5.91 Å². The van der Waals surface area contributed by atoms with Crippen molar-refractivity contribution in [2.45, 2.75) is 64.2 Å². The van der Waals surface area contributed by atoms with Crippen LogP contribution in [0, 0.1) is 12.8 Å². The summed E-state index contributed by atoms with van der Waals surface area (Å²) in [7, 11) is 0. The van der Waals surface area contributed by atoms with Crippen molar-refractivity contribution in [2.75, 3.05) is 26.2 Å². The predicted molar refractivity (Wildman–Crippen MR) is 95.9 cm³/mol. The van der Waals surface area contributed by atoms with E-state index in [1.165, 1.54) is 50.6 Å².